The first-order valence-corrected chi connectivity index (χ1v) is 6.49. The molecule has 0 aliphatic carbocycles. The molecular formula is C14H19FN2O2. The number of amides is 1. The number of benzene rings is 1. The van der Waals surface area contributed by atoms with Crippen LogP contribution >= 0.6 is 0 Å². The van der Waals surface area contributed by atoms with E-state index in [1.165, 1.54) is 17.0 Å². The summed E-state index contributed by atoms with van der Waals surface area (Å²) >= 11 is 0. The number of carbonyl (C=O) groups is 1. The Kier molecular flexibility index (Phi) is 3.93. The van der Waals surface area contributed by atoms with Crippen LogP contribution in [0.2, 0.25) is 0 Å². The third-order valence-corrected chi connectivity index (χ3v) is 3.74. The molecule has 1 aliphatic heterocycles. The van der Waals surface area contributed by atoms with Crippen LogP contribution in [0.4, 0.5) is 14.9 Å². The molecule has 1 heterocycles. The van der Waals surface area contributed by atoms with Crippen LogP contribution in [-0.4, -0.2) is 34.7 Å². The highest BCUT2D eigenvalue weighted by molar-refractivity contribution is 5.65. The Morgan fingerprint density at radius 3 is 2.58 bits per heavy atom. The molecule has 0 aromatic heterocycles. The van der Waals surface area contributed by atoms with Gasteiger partial charge < -0.3 is 15.3 Å². The van der Waals surface area contributed by atoms with Crippen molar-refractivity contribution >= 4 is 11.8 Å². The average molecular weight is 266 g/mol. The molecule has 1 amide bonds. The van der Waals surface area contributed by atoms with Gasteiger partial charge in [0.05, 0.1) is 0 Å². The van der Waals surface area contributed by atoms with Crippen molar-refractivity contribution < 1.29 is 14.3 Å². The monoisotopic (exact) mass is 266 g/mol. The zero-order chi connectivity index (χ0) is 14.0. The van der Waals surface area contributed by atoms with Crippen molar-refractivity contribution in [3.05, 3.63) is 30.1 Å². The van der Waals surface area contributed by atoms with Gasteiger partial charge in [-0.1, -0.05) is 6.92 Å². The zero-order valence-corrected chi connectivity index (χ0v) is 11.1. The Labute approximate surface area is 112 Å². The first kappa shape index (κ1) is 13.6. The molecule has 3 unspecified atom stereocenters. The minimum atomic E-state index is -0.861. The molecule has 19 heavy (non-hydrogen) atoms. The molecule has 104 valence electrons. The van der Waals surface area contributed by atoms with Gasteiger partial charge in [-0.05, 0) is 43.5 Å². The van der Waals surface area contributed by atoms with Crippen LogP contribution in [0, 0.1) is 11.7 Å². The Morgan fingerprint density at radius 1 is 1.37 bits per heavy atom. The third-order valence-electron chi connectivity index (χ3n) is 3.74. The van der Waals surface area contributed by atoms with Crippen LogP contribution < -0.4 is 5.32 Å². The maximum absolute atomic E-state index is 12.8. The summed E-state index contributed by atoms with van der Waals surface area (Å²) < 4.78 is 12.8. The minimum Gasteiger partial charge on any atom is -0.465 e. The fraction of sp³-hybridized carbons (Fsp3) is 0.500. The standard InChI is InChI=1S/C14H19FN2O2/c1-9-8-17(14(18)19)10(2)7-13(9)16-12-5-3-11(15)4-6-12/h3-6,9-10,13,16H,7-8H2,1-2H3,(H,18,19). The summed E-state index contributed by atoms with van der Waals surface area (Å²) in [7, 11) is 0. The Morgan fingerprint density at radius 2 is 2.00 bits per heavy atom. The van der Waals surface area contributed by atoms with Gasteiger partial charge in [-0.3, -0.25) is 0 Å². The molecular weight excluding hydrogens is 247 g/mol. The van der Waals surface area contributed by atoms with E-state index in [2.05, 4.69) is 5.32 Å². The Balaban J connectivity index is 2.02. The molecule has 0 bridgehead atoms. The lowest BCUT2D eigenvalue weighted by Gasteiger charge is -2.40. The fourth-order valence-electron chi connectivity index (χ4n) is 2.57. The lowest BCUT2D eigenvalue weighted by atomic mass is 9.89. The van der Waals surface area contributed by atoms with Crippen LogP contribution in [-0.2, 0) is 0 Å². The third kappa shape index (κ3) is 3.16. The minimum absolute atomic E-state index is 0.00773. The van der Waals surface area contributed by atoms with E-state index in [-0.39, 0.29) is 23.8 Å². The second kappa shape index (κ2) is 5.47. The fourth-order valence-corrected chi connectivity index (χ4v) is 2.57. The smallest absolute Gasteiger partial charge is 0.407 e. The number of rotatable bonds is 2. The van der Waals surface area contributed by atoms with E-state index >= 15 is 0 Å². The van der Waals surface area contributed by atoms with Crippen molar-refractivity contribution in [1.82, 2.24) is 4.90 Å². The van der Waals surface area contributed by atoms with Crippen LogP contribution in [0.15, 0.2) is 24.3 Å². The molecule has 3 atom stereocenters. The summed E-state index contributed by atoms with van der Waals surface area (Å²) in [4.78, 5) is 12.6. The molecule has 0 spiro atoms. The summed E-state index contributed by atoms with van der Waals surface area (Å²) in [5, 5.41) is 12.5. The molecule has 5 heteroatoms. The number of anilines is 1. The molecule has 4 nitrogen and oxygen atoms in total. The molecule has 1 fully saturated rings. The lowest BCUT2D eigenvalue weighted by molar-refractivity contribution is 0.0914. The molecule has 1 aromatic rings. The summed E-state index contributed by atoms with van der Waals surface area (Å²) in [5.74, 6) is -0.0370. The number of hydrogen-bond acceptors (Lipinski definition) is 2. The maximum atomic E-state index is 12.8. The largest absolute Gasteiger partial charge is 0.465 e. The molecule has 0 saturated carbocycles. The zero-order valence-electron chi connectivity index (χ0n) is 11.1. The van der Waals surface area contributed by atoms with Crippen LogP contribution in [0.1, 0.15) is 20.3 Å². The van der Waals surface area contributed by atoms with Crippen LogP contribution in [0.25, 0.3) is 0 Å². The van der Waals surface area contributed by atoms with E-state index in [4.69, 9.17) is 5.11 Å². The van der Waals surface area contributed by atoms with Gasteiger partial charge in [0.25, 0.3) is 0 Å². The van der Waals surface area contributed by atoms with Crippen molar-refractivity contribution in [2.24, 2.45) is 5.92 Å². The number of hydrogen-bond donors (Lipinski definition) is 2. The topological polar surface area (TPSA) is 52.6 Å². The molecule has 0 radical (unpaired) electrons. The van der Waals surface area contributed by atoms with E-state index in [1.807, 2.05) is 13.8 Å². The molecule has 1 aliphatic rings. The number of nitrogens with zero attached hydrogens (tertiary/aromatic N) is 1. The predicted octanol–water partition coefficient (Wildman–Crippen LogP) is 3.01. The summed E-state index contributed by atoms with van der Waals surface area (Å²) in [5.41, 5.74) is 0.870. The van der Waals surface area contributed by atoms with Gasteiger partial charge in [0.15, 0.2) is 0 Å². The summed E-state index contributed by atoms with van der Waals surface area (Å²) in [6.45, 7) is 4.47. The van der Waals surface area contributed by atoms with Gasteiger partial charge in [-0.25, -0.2) is 9.18 Å². The number of halogens is 1. The number of likely N-dealkylation sites (tertiary alicyclic amines) is 1. The number of nitrogens with one attached hydrogen (secondary N) is 1. The number of piperidine rings is 1. The SMILES string of the molecule is CC1CN(C(=O)O)C(C)CC1Nc1ccc(F)cc1. The molecule has 1 aromatic carbocycles. The van der Waals surface area contributed by atoms with E-state index in [1.54, 1.807) is 12.1 Å². The van der Waals surface area contributed by atoms with Crippen molar-refractivity contribution in [3.63, 3.8) is 0 Å². The highest BCUT2D eigenvalue weighted by Gasteiger charge is 2.33. The first-order valence-electron chi connectivity index (χ1n) is 6.49. The molecule has 1 saturated heterocycles. The van der Waals surface area contributed by atoms with Gasteiger partial charge >= 0.3 is 6.09 Å². The summed E-state index contributed by atoms with van der Waals surface area (Å²) in [6.07, 6.45) is -0.107. The van der Waals surface area contributed by atoms with Crippen molar-refractivity contribution in [1.29, 1.82) is 0 Å². The van der Waals surface area contributed by atoms with Crippen LogP contribution in [0.5, 0.6) is 0 Å². The molecule has 2 rings (SSSR count). The van der Waals surface area contributed by atoms with Crippen molar-refractivity contribution in [2.75, 3.05) is 11.9 Å². The Hall–Kier alpha value is -1.78. The predicted molar refractivity (Wildman–Crippen MR) is 71.8 cm³/mol. The normalized spacial score (nSPS) is 27.1. The Bertz CT molecular complexity index is 449. The quantitative estimate of drug-likeness (QED) is 0.865. The lowest BCUT2D eigenvalue weighted by Crippen LogP contribution is -2.51. The van der Waals surface area contributed by atoms with Gasteiger partial charge in [-0.2, -0.15) is 0 Å². The number of carboxylic acid groups (broad SMARTS) is 1. The first-order chi connectivity index (χ1) is 8.97. The van der Waals surface area contributed by atoms with Crippen LogP contribution in [0.3, 0.4) is 0 Å². The van der Waals surface area contributed by atoms with Crippen molar-refractivity contribution in [2.45, 2.75) is 32.4 Å². The van der Waals surface area contributed by atoms with Gasteiger partial charge in [-0.15, -0.1) is 0 Å². The van der Waals surface area contributed by atoms with Gasteiger partial charge in [0.1, 0.15) is 5.82 Å². The summed E-state index contributed by atoms with van der Waals surface area (Å²) in [6, 6.07) is 6.45. The van der Waals surface area contributed by atoms with E-state index < -0.39 is 6.09 Å². The average Bonchev–Trinajstić information content (AvgIpc) is 2.35. The second-order valence-electron chi connectivity index (χ2n) is 5.25. The maximum Gasteiger partial charge on any atom is 0.407 e. The highest BCUT2D eigenvalue weighted by atomic mass is 19.1. The highest BCUT2D eigenvalue weighted by Crippen LogP contribution is 2.25. The van der Waals surface area contributed by atoms with E-state index in [0.29, 0.717) is 6.54 Å². The van der Waals surface area contributed by atoms with Gasteiger partial charge in [0, 0.05) is 24.3 Å². The van der Waals surface area contributed by atoms with E-state index in [9.17, 15) is 9.18 Å². The van der Waals surface area contributed by atoms with E-state index in [0.717, 1.165) is 12.1 Å². The van der Waals surface area contributed by atoms with Gasteiger partial charge in [0.2, 0.25) is 0 Å². The van der Waals surface area contributed by atoms with Crippen molar-refractivity contribution in [3.8, 4) is 0 Å². The second-order valence-corrected chi connectivity index (χ2v) is 5.25. The molecule has 2 N–H and O–H groups in total.